The van der Waals surface area contributed by atoms with Crippen molar-refractivity contribution in [3.63, 3.8) is 0 Å². The highest BCUT2D eigenvalue weighted by atomic mass is 35.5. The van der Waals surface area contributed by atoms with Crippen LogP contribution in [0.4, 0.5) is 0 Å². The lowest BCUT2D eigenvalue weighted by molar-refractivity contribution is 0.571. The second-order valence-electron chi connectivity index (χ2n) is 5.98. The first-order valence-corrected chi connectivity index (χ1v) is 7.95. The van der Waals surface area contributed by atoms with Gasteiger partial charge in [-0.15, -0.1) is 11.6 Å². The summed E-state index contributed by atoms with van der Waals surface area (Å²) in [4.78, 5) is 0. The molecule has 2 aliphatic carbocycles. The molecule has 1 aromatic rings. The van der Waals surface area contributed by atoms with Gasteiger partial charge in [-0.2, -0.15) is 0 Å². The molecule has 2 fully saturated rings. The molecule has 2 aliphatic rings. The van der Waals surface area contributed by atoms with Gasteiger partial charge in [0.05, 0.1) is 5.38 Å². The largest absolute Gasteiger partial charge is 0.117 e. The van der Waals surface area contributed by atoms with Gasteiger partial charge in [0.25, 0.3) is 0 Å². The van der Waals surface area contributed by atoms with E-state index in [4.69, 9.17) is 11.6 Å². The minimum Gasteiger partial charge on any atom is -0.117 e. The van der Waals surface area contributed by atoms with Crippen molar-refractivity contribution < 1.29 is 0 Å². The van der Waals surface area contributed by atoms with Gasteiger partial charge < -0.3 is 0 Å². The molecule has 1 aromatic carbocycles. The summed E-state index contributed by atoms with van der Waals surface area (Å²) >= 11 is 6.82. The molecular formula is C17H23Cl. The molecule has 1 heteroatoms. The molecule has 0 spiro atoms. The predicted octanol–water partition coefficient (Wildman–Crippen LogP) is 5.14. The predicted molar refractivity (Wildman–Crippen MR) is 78.1 cm³/mol. The quantitative estimate of drug-likeness (QED) is 0.660. The molecule has 0 N–H and O–H groups in total. The standard InChI is InChI=1S/C17H23Cl/c1-3-11-8-9-12(4-2)15(10-11)17(18)16-13-6-5-7-14(13)16/h8-10,13-14,16-17H,3-7H2,1-2H3. The Labute approximate surface area is 116 Å². The zero-order valence-electron chi connectivity index (χ0n) is 11.5. The van der Waals surface area contributed by atoms with Crippen LogP contribution in [-0.2, 0) is 12.8 Å². The lowest BCUT2D eigenvalue weighted by Gasteiger charge is -2.17. The number of aryl methyl sites for hydroxylation is 2. The Hall–Kier alpha value is -0.490. The molecule has 0 amide bonds. The Morgan fingerprint density at radius 2 is 1.89 bits per heavy atom. The molecule has 3 atom stereocenters. The summed E-state index contributed by atoms with van der Waals surface area (Å²) in [6.07, 6.45) is 6.49. The molecule has 0 bridgehead atoms. The van der Waals surface area contributed by atoms with Crippen LogP contribution in [-0.4, -0.2) is 0 Å². The van der Waals surface area contributed by atoms with Gasteiger partial charge in [0, 0.05) is 0 Å². The van der Waals surface area contributed by atoms with Crippen molar-refractivity contribution in [2.45, 2.75) is 51.3 Å². The SMILES string of the molecule is CCc1ccc(CC)c(C(Cl)C2C3CCCC32)c1. The average molecular weight is 263 g/mol. The number of hydrogen-bond donors (Lipinski definition) is 0. The Kier molecular flexibility index (Phi) is 3.40. The molecule has 0 aliphatic heterocycles. The van der Waals surface area contributed by atoms with E-state index in [-0.39, 0.29) is 5.38 Å². The summed E-state index contributed by atoms with van der Waals surface area (Å²) in [7, 11) is 0. The lowest BCUT2D eigenvalue weighted by atomic mass is 9.94. The van der Waals surface area contributed by atoms with Gasteiger partial charge in [-0.1, -0.05) is 38.5 Å². The molecule has 3 rings (SSSR count). The molecule has 3 unspecified atom stereocenters. The van der Waals surface area contributed by atoms with E-state index in [9.17, 15) is 0 Å². The number of fused-ring (bicyclic) bond motifs is 1. The van der Waals surface area contributed by atoms with E-state index in [1.807, 2.05) is 0 Å². The van der Waals surface area contributed by atoms with Crippen molar-refractivity contribution in [2.75, 3.05) is 0 Å². The third kappa shape index (κ3) is 1.99. The van der Waals surface area contributed by atoms with Crippen LogP contribution < -0.4 is 0 Å². The van der Waals surface area contributed by atoms with Crippen LogP contribution in [0, 0.1) is 17.8 Å². The zero-order chi connectivity index (χ0) is 12.7. The summed E-state index contributed by atoms with van der Waals surface area (Å²) in [5.41, 5.74) is 4.31. The summed E-state index contributed by atoms with van der Waals surface area (Å²) < 4.78 is 0. The average Bonchev–Trinajstić information content (AvgIpc) is 2.89. The number of alkyl halides is 1. The van der Waals surface area contributed by atoms with Crippen LogP contribution in [0.5, 0.6) is 0 Å². The monoisotopic (exact) mass is 262 g/mol. The first-order chi connectivity index (χ1) is 8.76. The Bertz CT molecular complexity index is 427. The topological polar surface area (TPSA) is 0 Å². The normalized spacial score (nSPS) is 31.2. The Morgan fingerprint density at radius 3 is 2.50 bits per heavy atom. The van der Waals surface area contributed by atoms with E-state index in [1.54, 1.807) is 0 Å². The van der Waals surface area contributed by atoms with Crippen molar-refractivity contribution in [3.05, 3.63) is 34.9 Å². The van der Waals surface area contributed by atoms with E-state index in [2.05, 4.69) is 32.0 Å². The third-order valence-electron chi connectivity index (χ3n) is 5.11. The Morgan fingerprint density at radius 1 is 1.17 bits per heavy atom. The van der Waals surface area contributed by atoms with Gasteiger partial charge in [0.2, 0.25) is 0 Å². The summed E-state index contributed by atoms with van der Waals surface area (Å²) in [5.74, 6) is 2.67. The van der Waals surface area contributed by atoms with Crippen LogP contribution in [0.2, 0.25) is 0 Å². The van der Waals surface area contributed by atoms with Crippen LogP contribution in [0.3, 0.4) is 0 Å². The number of halogens is 1. The fourth-order valence-electron chi connectivity index (χ4n) is 3.96. The van der Waals surface area contributed by atoms with Crippen molar-refractivity contribution >= 4 is 11.6 Å². The smallest absolute Gasteiger partial charge is 0.0621 e. The second-order valence-corrected chi connectivity index (χ2v) is 6.45. The number of rotatable bonds is 4. The first kappa shape index (κ1) is 12.5. The van der Waals surface area contributed by atoms with Gasteiger partial charge in [0.15, 0.2) is 0 Å². The van der Waals surface area contributed by atoms with Gasteiger partial charge >= 0.3 is 0 Å². The highest BCUT2D eigenvalue weighted by Crippen LogP contribution is 2.64. The van der Waals surface area contributed by atoms with Crippen molar-refractivity contribution in [2.24, 2.45) is 17.8 Å². The molecule has 0 heterocycles. The zero-order valence-corrected chi connectivity index (χ0v) is 12.2. The minimum absolute atomic E-state index is 0.266. The van der Waals surface area contributed by atoms with E-state index in [1.165, 1.54) is 36.0 Å². The van der Waals surface area contributed by atoms with Crippen LogP contribution >= 0.6 is 11.6 Å². The van der Waals surface area contributed by atoms with Gasteiger partial charge in [-0.25, -0.2) is 0 Å². The van der Waals surface area contributed by atoms with Gasteiger partial charge in [-0.05, 0) is 60.1 Å². The van der Waals surface area contributed by atoms with Crippen LogP contribution in [0.15, 0.2) is 18.2 Å². The van der Waals surface area contributed by atoms with Crippen LogP contribution in [0.25, 0.3) is 0 Å². The second kappa shape index (κ2) is 4.89. The van der Waals surface area contributed by atoms with Gasteiger partial charge in [-0.3, -0.25) is 0 Å². The molecular weight excluding hydrogens is 240 g/mol. The molecule has 0 nitrogen and oxygen atoms in total. The maximum absolute atomic E-state index is 6.82. The highest BCUT2D eigenvalue weighted by Gasteiger charge is 2.55. The lowest BCUT2D eigenvalue weighted by Crippen LogP contribution is -2.03. The summed E-state index contributed by atoms with van der Waals surface area (Å²) in [5, 5.41) is 0.266. The van der Waals surface area contributed by atoms with Crippen LogP contribution in [0.1, 0.15) is 55.2 Å². The van der Waals surface area contributed by atoms with E-state index >= 15 is 0 Å². The number of hydrogen-bond acceptors (Lipinski definition) is 0. The number of benzene rings is 1. The fraction of sp³-hybridized carbons (Fsp3) is 0.647. The first-order valence-electron chi connectivity index (χ1n) is 7.52. The molecule has 2 saturated carbocycles. The minimum atomic E-state index is 0.266. The molecule has 0 aromatic heterocycles. The van der Waals surface area contributed by atoms with E-state index in [0.29, 0.717) is 0 Å². The summed E-state index contributed by atoms with van der Waals surface area (Å²) in [6.45, 7) is 4.46. The molecule has 0 radical (unpaired) electrons. The van der Waals surface area contributed by atoms with E-state index < -0.39 is 0 Å². The highest BCUT2D eigenvalue weighted by molar-refractivity contribution is 6.21. The van der Waals surface area contributed by atoms with Gasteiger partial charge in [0.1, 0.15) is 0 Å². The van der Waals surface area contributed by atoms with Crippen molar-refractivity contribution in [3.8, 4) is 0 Å². The fourth-order valence-corrected chi connectivity index (χ4v) is 4.54. The maximum atomic E-state index is 6.82. The molecule has 0 saturated heterocycles. The molecule has 18 heavy (non-hydrogen) atoms. The maximum Gasteiger partial charge on any atom is 0.0621 e. The third-order valence-corrected chi connectivity index (χ3v) is 5.63. The van der Waals surface area contributed by atoms with Crippen molar-refractivity contribution in [1.82, 2.24) is 0 Å². The summed E-state index contributed by atoms with van der Waals surface area (Å²) in [6, 6.07) is 6.92. The van der Waals surface area contributed by atoms with E-state index in [0.717, 1.165) is 30.6 Å². The van der Waals surface area contributed by atoms with Crippen molar-refractivity contribution in [1.29, 1.82) is 0 Å². The molecule has 98 valence electrons. The Balaban J connectivity index is 1.85.